The van der Waals surface area contributed by atoms with Crippen LogP contribution in [0.1, 0.15) is 48.7 Å². The van der Waals surface area contributed by atoms with E-state index < -0.39 is 0 Å². The summed E-state index contributed by atoms with van der Waals surface area (Å²) >= 11 is 5.44. The molecule has 0 unspecified atom stereocenters. The molecule has 0 amide bonds. The summed E-state index contributed by atoms with van der Waals surface area (Å²) in [6.45, 7) is 6.51. The first kappa shape index (κ1) is 20.1. The summed E-state index contributed by atoms with van der Waals surface area (Å²) in [6, 6.07) is 15.9. The molecule has 2 aromatic carbocycles. The Bertz CT molecular complexity index is 817. The van der Waals surface area contributed by atoms with Crippen molar-refractivity contribution in [1.82, 2.24) is 5.32 Å². The minimum atomic E-state index is -0.337. The number of carbonyl (C=O) groups is 1. The summed E-state index contributed by atoms with van der Waals surface area (Å²) in [5, 5.41) is 6.95. The number of rotatable bonds is 6. The highest BCUT2D eigenvalue weighted by Crippen LogP contribution is 2.22. The number of esters is 1. The Morgan fingerprint density at radius 2 is 1.89 bits per heavy atom. The summed E-state index contributed by atoms with van der Waals surface area (Å²) < 4.78 is 5.04. The summed E-state index contributed by atoms with van der Waals surface area (Å²) in [5.74, 6) is -0.337. The number of hydrogen-bond donors (Lipinski definition) is 2. The second kappa shape index (κ2) is 9.55. The Morgan fingerprint density at radius 1 is 1.18 bits per heavy atom. The molecule has 28 heavy (non-hydrogen) atoms. The van der Waals surface area contributed by atoms with Crippen molar-refractivity contribution in [3.63, 3.8) is 0 Å². The largest absolute Gasteiger partial charge is 0.462 e. The maximum absolute atomic E-state index is 11.9. The van der Waals surface area contributed by atoms with Gasteiger partial charge in [-0.05, 0) is 74.8 Å². The molecular weight excluding hydrogens is 370 g/mol. The standard InChI is InChI=1S/C22H27N3O2S/c1-3-27-21(26)18-7-6-8-19(15-18)24-22(28)23-16(2)17-9-11-20(12-10-17)25-13-4-5-14-25/h6-12,15-16H,3-5,13-14H2,1-2H3,(H2,23,24,28)/t16-/m1/s1. The van der Waals surface area contributed by atoms with Crippen LogP contribution in [0.4, 0.5) is 11.4 Å². The van der Waals surface area contributed by atoms with E-state index in [0.29, 0.717) is 17.3 Å². The van der Waals surface area contributed by atoms with Gasteiger partial charge in [-0.3, -0.25) is 0 Å². The third kappa shape index (κ3) is 5.23. The van der Waals surface area contributed by atoms with Gasteiger partial charge in [0.1, 0.15) is 0 Å². The lowest BCUT2D eigenvalue weighted by Gasteiger charge is -2.20. The minimum absolute atomic E-state index is 0.0702. The fourth-order valence-electron chi connectivity index (χ4n) is 3.33. The van der Waals surface area contributed by atoms with Gasteiger partial charge in [0.25, 0.3) is 0 Å². The molecule has 2 aromatic rings. The fourth-order valence-corrected chi connectivity index (χ4v) is 3.63. The van der Waals surface area contributed by atoms with Crippen molar-refractivity contribution in [2.75, 3.05) is 29.9 Å². The van der Waals surface area contributed by atoms with Crippen molar-refractivity contribution < 1.29 is 9.53 Å². The number of hydrogen-bond acceptors (Lipinski definition) is 4. The zero-order chi connectivity index (χ0) is 19.9. The van der Waals surface area contributed by atoms with E-state index >= 15 is 0 Å². The van der Waals surface area contributed by atoms with Crippen LogP contribution in [0.2, 0.25) is 0 Å². The topological polar surface area (TPSA) is 53.6 Å². The number of ether oxygens (including phenoxy) is 1. The minimum Gasteiger partial charge on any atom is -0.462 e. The Morgan fingerprint density at radius 3 is 2.57 bits per heavy atom. The first-order chi connectivity index (χ1) is 13.6. The van der Waals surface area contributed by atoms with Gasteiger partial charge in [0.05, 0.1) is 18.2 Å². The zero-order valence-corrected chi connectivity index (χ0v) is 17.2. The third-order valence-corrected chi connectivity index (χ3v) is 5.06. The van der Waals surface area contributed by atoms with E-state index in [2.05, 4.69) is 46.7 Å². The van der Waals surface area contributed by atoms with E-state index in [9.17, 15) is 4.79 Å². The molecule has 2 N–H and O–H groups in total. The first-order valence-electron chi connectivity index (χ1n) is 9.76. The van der Waals surface area contributed by atoms with Gasteiger partial charge < -0.3 is 20.3 Å². The number of benzene rings is 2. The molecule has 0 radical (unpaired) electrons. The maximum Gasteiger partial charge on any atom is 0.338 e. The zero-order valence-electron chi connectivity index (χ0n) is 16.4. The Hall–Kier alpha value is -2.60. The molecule has 1 aliphatic heterocycles. The lowest BCUT2D eigenvalue weighted by Crippen LogP contribution is -2.31. The number of nitrogens with zero attached hydrogens (tertiary/aromatic N) is 1. The second-order valence-electron chi connectivity index (χ2n) is 6.91. The van der Waals surface area contributed by atoms with E-state index in [1.807, 2.05) is 6.07 Å². The van der Waals surface area contributed by atoms with Gasteiger partial charge in [0.2, 0.25) is 0 Å². The van der Waals surface area contributed by atoms with E-state index in [1.54, 1.807) is 25.1 Å². The molecule has 0 spiro atoms. The van der Waals surface area contributed by atoms with Crippen molar-refractivity contribution >= 4 is 34.7 Å². The SMILES string of the molecule is CCOC(=O)c1cccc(NC(=S)N[C@H](C)c2ccc(N3CCCC3)cc2)c1. The van der Waals surface area contributed by atoms with Crippen LogP contribution in [0.25, 0.3) is 0 Å². The molecule has 1 fully saturated rings. The van der Waals surface area contributed by atoms with Crippen LogP contribution in [0.3, 0.4) is 0 Å². The van der Waals surface area contributed by atoms with Crippen molar-refractivity contribution in [1.29, 1.82) is 0 Å². The van der Waals surface area contributed by atoms with Crippen LogP contribution >= 0.6 is 12.2 Å². The van der Waals surface area contributed by atoms with Crippen molar-refractivity contribution in [3.8, 4) is 0 Å². The Labute approximate surface area is 172 Å². The summed E-state index contributed by atoms with van der Waals surface area (Å²) in [6.07, 6.45) is 2.55. The van der Waals surface area contributed by atoms with Crippen LogP contribution in [-0.4, -0.2) is 30.8 Å². The molecule has 0 aromatic heterocycles. The molecule has 6 heteroatoms. The Balaban J connectivity index is 1.57. The van der Waals surface area contributed by atoms with E-state index in [1.165, 1.54) is 24.1 Å². The van der Waals surface area contributed by atoms with Crippen LogP contribution in [0.5, 0.6) is 0 Å². The van der Waals surface area contributed by atoms with Gasteiger partial charge in [0.15, 0.2) is 5.11 Å². The second-order valence-corrected chi connectivity index (χ2v) is 7.32. The summed E-state index contributed by atoms with van der Waals surface area (Å²) in [7, 11) is 0. The normalized spacial score (nSPS) is 14.4. The van der Waals surface area contributed by atoms with E-state index in [-0.39, 0.29) is 12.0 Å². The average Bonchev–Trinajstić information content (AvgIpc) is 3.23. The van der Waals surface area contributed by atoms with Gasteiger partial charge in [-0.15, -0.1) is 0 Å². The molecule has 0 aliphatic carbocycles. The molecule has 0 saturated carbocycles. The van der Waals surface area contributed by atoms with E-state index in [0.717, 1.165) is 18.8 Å². The van der Waals surface area contributed by atoms with Gasteiger partial charge in [-0.2, -0.15) is 0 Å². The van der Waals surface area contributed by atoms with Crippen LogP contribution in [0, 0.1) is 0 Å². The van der Waals surface area contributed by atoms with Crippen molar-refractivity contribution in [2.45, 2.75) is 32.7 Å². The van der Waals surface area contributed by atoms with Gasteiger partial charge >= 0.3 is 5.97 Å². The smallest absolute Gasteiger partial charge is 0.338 e. The van der Waals surface area contributed by atoms with Gasteiger partial charge in [0, 0.05) is 24.5 Å². The molecule has 0 bridgehead atoms. The van der Waals surface area contributed by atoms with Gasteiger partial charge in [-0.1, -0.05) is 18.2 Å². The molecule has 1 heterocycles. The Kier molecular flexibility index (Phi) is 6.87. The molecule has 1 atom stereocenters. The highest BCUT2D eigenvalue weighted by atomic mass is 32.1. The molecular formula is C22H27N3O2S. The average molecular weight is 398 g/mol. The van der Waals surface area contributed by atoms with Gasteiger partial charge in [-0.25, -0.2) is 4.79 Å². The number of carbonyl (C=O) groups excluding carboxylic acids is 1. The molecule has 5 nitrogen and oxygen atoms in total. The molecule has 1 saturated heterocycles. The van der Waals surface area contributed by atoms with Crippen LogP contribution < -0.4 is 15.5 Å². The first-order valence-corrected chi connectivity index (χ1v) is 10.2. The summed E-state index contributed by atoms with van der Waals surface area (Å²) in [4.78, 5) is 14.3. The quantitative estimate of drug-likeness (QED) is 0.552. The van der Waals surface area contributed by atoms with Crippen LogP contribution in [0.15, 0.2) is 48.5 Å². The molecule has 148 valence electrons. The predicted molar refractivity (Wildman–Crippen MR) is 118 cm³/mol. The molecule has 3 rings (SSSR count). The number of anilines is 2. The fraction of sp³-hybridized carbons (Fsp3) is 0.364. The monoisotopic (exact) mass is 397 g/mol. The number of nitrogens with one attached hydrogen (secondary N) is 2. The highest BCUT2D eigenvalue weighted by Gasteiger charge is 2.13. The lowest BCUT2D eigenvalue weighted by atomic mass is 10.1. The lowest BCUT2D eigenvalue weighted by molar-refractivity contribution is 0.0526. The predicted octanol–water partition coefficient (Wildman–Crippen LogP) is 4.51. The van der Waals surface area contributed by atoms with Crippen molar-refractivity contribution in [2.24, 2.45) is 0 Å². The van der Waals surface area contributed by atoms with Crippen LogP contribution in [-0.2, 0) is 4.74 Å². The third-order valence-electron chi connectivity index (χ3n) is 4.84. The number of thiocarbonyl (C=S) groups is 1. The highest BCUT2D eigenvalue weighted by molar-refractivity contribution is 7.80. The van der Waals surface area contributed by atoms with E-state index in [4.69, 9.17) is 17.0 Å². The molecule has 1 aliphatic rings. The van der Waals surface area contributed by atoms with Crippen molar-refractivity contribution in [3.05, 3.63) is 59.7 Å². The summed E-state index contributed by atoms with van der Waals surface area (Å²) in [5.41, 5.74) is 3.71. The maximum atomic E-state index is 11.9.